The molecule has 2 fully saturated rings. The number of pyridine rings is 2. The van der Waals surface area contributed by atoms with E-state index in [-0.39, 0.29) is 23.0 Å². The van der Waals surface area contributed by atoms with Crippen molar-refractivity contribution < 1.29 is 27.8 Å². The fourth-order valence-corrected chi connectivity index (χ4v) is 9.03. The van der Waals surface area contributed by atoms with Gasteiger partial charge in [0.05, 0.1) is 37.1 Å². The van der Waals surface area contributed by atoms with E-state index in [1.165, 1.54) is 18.3 Å². The first kappa shape index (κ1) is 38.3. The maximum atomic E-state index is 14.6. The normalized spacial score (nSPS) is 15.1. The fourth-order valence-electron chi connectivity index (χ4n) is 8.68. The zero-order valence-corrected chi connectivity index (χ0v) is 32.7. The lowest BCUT2D eigenvalue weighted by molar-refractivity contribution is 0.0986. The highest BCUT2D eigenvalue weighted by Gasteiger charge is 2.32. The number of fused-ring (bicyclic) bond motifs is 6. The number of carbonyl (C=O) groups is 2. The fraction of sp³-hybridized carbons (Fsp3) is 0.217. The summed E-state index contributed by atoms with van der Waals surface area (Å²) in [6.45, 7) is 5.96. The highest BCUT2D eigenvalue weighted by Crippen LogP contribution is 2.49. The average Bonchev–Trinajstić information content (AvgIpc) is 3.84. The first-order valence-electron chi connectivity index (χ1n) is 19.4. The van der Waals surface area contributed by atoms with E-state index in [0.29, 0.717) is 72.1 Å². The van der Waals surface area contributed by atoms with E-state index in [0.717, 1.165) is 76.5 Å². The number of nitrogens with zero attached hydrogens (tertiary/aromatic N) is 4. The topological polar surface area (TPSA) is 137 Å². The summed E-state index contributed by atoms with van der Waals surface area (Å²) in [5.74, 6) is -1.84. The summed E-state index contributed by atoms with van der Waals surface area (Å²) in [6, 6.07) is 23.4. The highest BCUT2D eigenvalue weighted by molar-refractivity contribution is 6.35. The molecule has 298 valence electrons. The summed E-state index contributed by atoms with van der Waals surface area (Å²) < 4.78 is 40.0. The SMILES string of the molecule is NC(=O)c1ncc(-c2ccccc2F)c2c1Cc1c-2ccc(N2CCOCC2)c1Cl.NC(=O)c1ncc(-c2ccccc2F)c2c1Cc1cc(N3CCOCC3)ccc1-2. The lowest BCUT2D eigenvalue weighted by Crippen LogP contribution is -2.36. The molecule has 2 aliphatic heterocycles. The molecule has 0 bridgehead atoms. The van der Waals surface area contributed by atoms with Gasteiger partial charge in [0.2, 0.25) is 0 Å². The van der Waals surface area contributed by atoms with Crippen LogP contribution in [0.1, 0.15) is 43.2 Å². The van der Waals surface area contributed by atoms with Crippen LogP contribution in [-0.2, 0) is 22.3 Å². The summed E-state index contributed by atoms with van der Waals surface area (Å²) in [7, 11) is 0. The molecule has 0 atom stereocenters. The highest BCUT2D eigenvalue weighted by atomic mass is 35.5. The van der Waals surface area contributed by atoms with Crippen LogP contribution < -0.4 is 21.3 Å². The van der Waals surface area contributed by atoms with Crippen molar-refractivity contribution in [3.8, 4) is 44.5 Å². The number of hydrogen-bond acceptors (Lipinski definition) is 8. The Balaban J connectivity index is 0.000000152. The van der Waals surface area contributed by atoms with Crippen molar-refractivity contribution in [3.63, 3.8) is 0 Å². The molecule has 2 saturated heterocycles. The number of rotatable bonds is 6. The van der Waals surface area contributed by atoms with Crippen molar-refractivity contribution in [2.75, 3.05) is 62.4 Å². The second kappa shape index (κ2) is 15.9. The average molecular weight is 813 g/mol. The molecule has 0 spiro atoms. The molecule has 59 heavy (non-hydrogen) atoms. The Morgan fingerprint density at radius 2 is 1.10 bits per heavy atom. The van der Waals surface area contributed by atoms with E-state index in [1.54, 1.807) is 42.6 Å². The first-order valence-corrected chi connectivity index (χ1v) is 19.8. The van der Waals surface area contributed by atoms with E-state index in [9.17, 15) is 18.4 Å². The molecule has 6 aromatic rings. The zero-order valence-electron chi connectivity index (χ0n) is 31.9. The number of carbonyl (C=O) groups excluding carboxylic acids is 2. The molecule has 10 rings (SSSR count). The third-order valence-corrected chi connectivity index (χ3v) is 11.9. The van der Waals surface area contributed by atoms with Crippen molar-refractivity contribution in [2.24, 2.45) is 11.5 Å². The van der Waals surface area contributed by atoms with Crippen molar-refractivity contribution >= 4 is 34.8 Å². The van der Waals surface area contributed by atoms with Gasteiger partial charge >= 0.3 is 0 Å². The third kappa shape index (κ3) is 6.96. The number of ether oxygens (including phenoxy) is 2. The molecule has 4 aliphatic rings. The van der Waals surface area contributed by atoms with Gasteiger partial charge in [0.1, 0.15) is 23.0 Å². The van der Waals surface area contributed by atoms with Crippen LogP contribution in [0.4, 0.5) is 20.2 Å². The van der Waals surface area contributed by atoms with Gasteiger partial charge in [0.25, 0.3) is 11.8 Å². The number of primary amides is 2. The predicted molar refractivity (Wildman–Crippen MR) is 224 cm³/mol. The van der Waals surface area contributed by atoms with E-state index in [1.807, 2.05) is 12.1 Å². The Labute approximate surface area is 344 Å². The molecule has 2 amide bonds. The van der Waals surface area contributed by atoms with Crippen LogP contribution in [0.15, 0.2) is 91.3 Å². The zero-order chi connectivity index (χ0) is 40.8. The summed E-state index contributed by atoms with van der Waals surface area (Å²) in [5, 5.41) is 0.639. The molecule has 0 unspecified atom stereocenters. The number of amides is 2. The van der Waals surface area contributed by atoms with Crippen LogP contribution in [0.5, 0.6) is 0 Å². The minimum Gasteiger partial charge on any atom is -0.378 e. The standard InChI is InChI=1S/C23H19ClFN3O2.C23H20FN3O2/c24-21-15-11-16-20(14(15)5-6-19(21)28-7-9-30-10-8-28)17(12-27-22(16)23(26)29)13-3-1-2-4-18(13)25;24-20-4-2-1-3-17(20)19-13-26-22(23(25)28)18-12-14-11-15(5-6-16(14)21(18)19)27-7-9-29-10-8-27/h1-6,12H,7-11H2,(H2,26,29);1-6,11,13H,7-10,12H2,(H2,25,28). The van der Waals surface area contributed by atoms with Crippen LogP contribution in [-0.4, -0.2) is 74.4 Å². The second-order valence-corrected chi connectivity index (χ2v) is 15.1. The molecule has 0 saturated carbocycles. The monoisotopic (exact) mass is 812 g/mol. The summed E-state index contributed by atoms with van der Waals surface area (Å²) in [6.07, 6.45) is 4.06. The maximum Gasteiger partial charge on any atom is 0.267 e. The minimum absolute atomic E-state index is 0.199. The van der Waals surface area contributed by atoms with Gasteiger partial charge in [-0.05, 0) is 74.8 Å². The van der Waals surface area contributed by atoms with E-state index < -0.39 is 11.8 Å². The van der Waals surface area contributed by atoms with E-state index in [4.69, 9.17) is 32.5 Å². The number of aromatic nitrogens is 2. The first-order chi connectivity index (χ1) is 28.7. The van der Waals surface area contributed by atoms with Gasteiger partial charge in [-0.15, -0.1) is 0 Å². The molecule has 0 radical (unpaired) electrons. The summed E-state index contributed by atoms with van der Waals surface area (Å²) >= 11 is 6.85. The molecule has 13 heteroatoms. The molecule has 4 N–H and O–H groups in total. The van der Waals surface area contributed by atoms with Gasteiger partial charge in [-0.1, -0.05) is 60.1 Å². The van der Waals surface area contributed by atoms with Gasteiger partial charge in [-0.2, -0.15) is 0 Å². The number of benzene rings is 4. The van der Waals surface area contributed by atoms with Gasteiger partial charge in [-0.25, -0.2) is 8.78 Å². The molecular weight excluding hydrogens is 774 g/mol. The van der Waals surface area contributed by atoms with Gasteiger partial charge in [-0.3, -0.25) is 19.6 Å². The van der Waals surface area contributed by atoms with Crippen LogP contribution in [0.2, 0.25) is 5.02 Å². The molecular formula is C46H39ClF2N6O4. The second-order valence-electron chi connectivity index (χ2n) is 14.8. The molecule has 4 aromatic carbocycles. The lowest BCUT2D eigenvalue weighted by Gasteiger charge is -2.30. The number of morpholine rings is 2. The van der Waals surface area contributed by atoms with Crippen molar-refractivity contribution in [2.45, 2.75) is 12.8 Å². The number of nitrogens with two attached hydrogens (primary N) is 2. The lowest BCUT2D eigenvalue weighted by atomic mass is 9.94. The predicted octanol–water partition coefficient (Wildman–Crippen LogP) is 7.44. The van der Waals surface area contributed by atoms with Crippen molar-refractivity contribution in [3.05, 3.63) is 142 Å². The van der Waals surface area contributed by atoms with Crippen molar-refractivity contribution in [1.29, 1.82) is 0 Å². The van der Waals surface area contributed by atoms with Crippen molar-refractivity contribution in [1.82, 2.24) is 9.97 Å². The Morgan fingerprint density at radius 3 is 1.66 bits per heavy atom. The number of anilines is 2. The largest absolute Gasteiger partial charge is 0.378 e. The van der Waals surface area contributed by atoms with Gasteiger partial charge in [0, 0.05) is 79.4 Å². The third-order valence-electron chi connectivity index (χ3n) is 11.5. The van der Waals surface area contributed by atoms with E-state index >= 15 is 0 Å². The van der Waals surface area contributed by atoms with Crippen LogP contribution in [0.3, 0.4) is 0 Å². The maximum absolute atomic E-state index is 14.6. The molecule has 2 aromatic heterocycles. The Morgan fingerprint density at radius 1 is 0.593 bits per heavy atom. The smallest absolute Gasteiger partial charge is 0.267 e. The molecule has 2 aliphatic carbocycles. The number of halogens is 3. The van der Waals surface area contributed by atoms with Gasteiger partial charge < -0.3 is 30.7 Å². The minimum atomic E-state index is -0.608. The van der Waals surface area contributed by atoms with Gasteiger partial charge in [0.15, 0.2) is 0 Å². The molecule has 10 nitrogen and oxygen atoms in total. The van der Waals surface area contributed by atoms with Crippen LogP contribution >= 0.6 is 11.6 Å². The Bertz CT molecular complexity index is 2660. The molecule has 4 heterocycles. The Hall–Kier alpha value is -6.21. The Kier molecular flexibility index (Phi) is 10.3. The quantitative estimate of drug-likeness (QED) is 0.177. The van der Waals surface area contributed by atoms with Crippen LogP contribution in [0.25, 0.3) is 44.5 Å². The van der Waals surface area contributed by atoms with Crippen LogP contribution in [0, 0.1) is 11.6 Å². The number of hydrogen-bond donors (Lipinski definition) is 2. The summed E-state index contributed by atoms with van der Waals surface area (Å²) in [5.41, 5.74) is 22.9. The summed E-state index contributed by atoms with van der Waals surface area (Å²) in [4.78, 5) is 37.1. The van der Waals surface area contributed by atoms with E-state index in [2.05, 4.69) is 38.0 Å².